The van der Waals surface area contributed by atoms with Gasteiger partial charge in [0.15, 0.2) is 0 Å². The highest BCUT2D eigenvalue weighted by atomic mass is 35.5. The van der Waals surface area contributed by atoms with E-state index in [1.54, 1.807) is 25.3 Å². The van der Waals surface area contributed by atoms with Crippen LogP contribution in [0.3, 0.4) is 0 Å². The van der Waals surface area contributed by atoms with Crippen molar-refractivity contribution in [2.24, 2.45) is 5.41 Å². The van der Waals surface area contributed by atoms with Gasteiger partial charge < -0.3 is 15.4 Å². The average Bonchev–Trinajstić information content (AvgIpc) is 3.25. The first-order chi connectivity index (χ1) is 10.0. The Kier molecular flexibility index (Phi) is 4.85. The normalized spacial score (nSPS) is 15.4. The Morgan fingerprint density at radius 2 is 2.05 bits per heavy atom. The molecule has 5 nitrogen and oxygen atoms in total. The molecule has 0 saturated heterocycles. The van der Waals surface area contributed by atoms with Crippen molar-refractivity contribution in [1.82, 2.24) is 5.32 Å². The van der Waals surface area contributed by atoms with Crippen LogP contribution in [0.4, 0.5) is 5.69 Å². The van der Waals surface area contributed by atoms with Crippen LogP contribution in [-0.2, 0) is 14.3 Å². The number of amides is 2. The van der Waals surface area contributed by atoms with Gasteiger partial charge in [0.05, 0.1) is 6.61 Å². The number of methoxy groups -OCH3 is 1. The second-order valence-electron chi connectivity index (χ2n) is 5.20. The quantitative estimate of drug-likeness (QED) is 0.625. The summed E-state index contributed by atoms with van der Waals surface area (Å²) in [4.78, 5) is 24.5. The lowest BCUT2D eigenvalue weighted by Gasteiger charge is -2.16. The molecule has 114 valence electrons. The molecule has 0 bridgehead atoms. The van der Waals surface area contributed by atoms with E-state index in [0.29, 0.717) is 36.7 Å². The van der Waals surface area contributed by atoms with Crippen LogP contribution in [0, 0.1) is 12.3 Å². The van der Waals surface area contributed by atoms with Crippen LogP contribution in [0.25, 0.3) is 0 Å². The maximum absolute atomic E-state index is 12.4. The van der Waals surface area contributed by atoms with E-state index in [9.17, 15) is 9.59 Å². The van der Waals surface area contributed by atoms with Crippen LogP contribution < -0.4 is 10.6 Å². The van der Waals surface area contributed by atoms with Gasteiger partial charge in [0.1, 0.15) is 5.41 Å². The molecule has 0 heterocycles. The molecule has 1 aliphatic rings. The number of hydrogen-bond donors (Lipinski definition) is 2. The molecule has 1 aromatic rings. The summed E-state index contributed by atoms with van der Waals surface area (Å²) in [5.74, 6) is -0.514. The van der Waals surface area contributed by atoms with Gasteiger partial charge >= 0.3 is 0 Å². The number of nitrogens with one attached hydrogen (secondary N) is 2. The summed E-state index contributed by atoms with van der Waals surface area (Å²) in [7, 11) is 1.56. The predicted octanol–water partition coefficient (Wildman–Crippen LogP) is 2.13. The van der Waals surface area contributed by atoms with Crippen LogP contribution in [0.15, 0.2) is 18.2 Å². The Morgan fingerprint density at radius 3 is 2.67 bits per heavy atom. The molecule has 21 heavy (non-hydrogen) atoms. The molecule has 0 aliphatic heterocycles. The number of rotatable bonds is 6. The molecule has 1 fully saturated rings. The van der Waals surface area contributed by atoms with Gasteiger partial charge in [-0.3, -0.25) is 9.59 Å². The van der Waals surface area contributed by atoms with Crippen molar-refractivity contribution in [3.8, 4) is 0 Å². The number of carbonyl (C=O) groups excluding carboxylic acids is 2. The summed E-state index contributed by atoms with van der Waals surface area (Å²) < 4.78 is 4.88. The highest BCUT2D eigenvalue weighted by molar-refractivity contribution is 6.31. The summed E-state index contributed by atoms with van der Waals surface area (Å²) in [6.07, 6.45) is 1.13. The highest BCUT2D eigenvalue weighted by Gasteiger charge is 2.56. The lowest BCUT2D eigenvalue weighted by Crippen LogP contribution is -2.41. The van der Waals surface area contributed by atoms with Crippen molar-refractivity contribution < 1.29 is 14.3 Å². The van der Waals surface area contributed by atoms with Crippen LogP contribution in [0.2, 0.25) is 5.02 Å². The third kappa shape index (κ3) is 3.36. The van der Waals surface area contributed by atoms with E-state index in [1.165, 1.54) is 0 Å². The predicted molar refractivity (Wildman–Crippen MR) is 81.4 cm³/mol. The molecular weight excluding hydrogens is 292 g/mol. The Morgan fingerprint density at radius 1 is 1.33 bits per heavy atom. The maximum Gasteiger partial charge on any atom is 0.240 e. The molecule has 0 radical (unpaired) electrons. The van der Waals surface area contributed by atoms with Crippen molar-refractivity contribution in [1.29, 1.82) is 0 Å². The monoisotopic (exact) mass is 310 g/mol. The lowest BCUT2D eigenvalue weighted by atomic mass is 10.0. The van der Waals surface area contributed by atoms with Crippen LogP contribution in [0.5, 0.6) is 0 Å². The summed E-state index contributed by atoms with van der Waals surface area (Å²) in [5, 5.41) is 6.12. The van der Waals surface area contributed by atoms with Crippen molar-refractivity contribution in [2.45, 2.75) is 19.8 Å². The molecular formula is C15H19ClN2O3. The summed E-state index contributed by atoms with van der Waals surface area (Å²) in [5.41, 5.74) is 0.495. The minimum absolute atomic E-state index is 0.239. The summed E-state index contributed by atoms with van der Waals surface area (Å²) in [6, 6.07) is 5.30. The molecule has 6 heteroatoms. The molecule has 2 N–H and O–H groups in total. The second-order valence-corrected chi connectivity index (χ2v) is 5.60. The molecule has 1 aliphatic carbocycles. The summed E-state index contributed by atoms with van der Waals surface area (Å²) in [6.45, 7) is 2.66. The largest absolute Gasteiger partial charge is 0.383 e. The van der Waals surface area contributed by atoms with Gasteiger partial charge in [-0.1, -0.05) is 17.7 Å². The van der Waals surface area contributed by atoms with Gasteiger partial charge in [0.2, 0.25) is 11.8 Å². The Bertz CT molecular complexity index is 556. The van der Waals surface area contributed by atoms with Crippen molar-refractivity contribution in [2.75, 3.05) is 25.6 Å². The fraction of sp³-hybridized carbons (Fsp3) is 0.467. The van der Waals surface area contributed by atoms with Crippen LogP contribution in [0.1, 0.15) is 18.4 Å². The smallest absolute Gasteiger partial charge is 0.240 e. The fourth-order valence-electron chi connectivity index (χ4n) is 2.10. The van der Waals surface area contributed by atoms with Crippen molar-refractivity contribution in [3.63, 3.8) is 0 Å². The van der Waals surface area contributed by atoms with E-state index in [4.69, 9.17) is 16.3 Å². The molecule has 1 saturated carbocycles. The lowest BCUT2D eigenvalue weighted by molar-refractivity contribution is -0.134. The number of anilines is 1. The van der Waals surface area contributed by atoms with E-state index in [0.717, 1.165) is 5.56 Å². The van der Waals surface area contributed by atoms with Gasteiger partial charge in [0.25, 0.3) is 0 Å². The standard InChI is InChI=1S/C15H19ClN2O3/c1-10-11(16)4-3-5-12(10)18-14(20)15(6-7-15)13(19)17-8-9-21-2/h3-5H,6-9H2,1-2H3,(H,17,19)(H,18,20). The number of hydrogen-bond acceptors (Lipinski definition) is 3. The van der Waals surface area contributed by atoms with Crippen molar-refractivity contribution >= 4 is 29.1 Å². The number of carbonyl (C=O) groups is 2. The van der Waals surface area contributed by atoms with E-state index < -0.39 is 5.41 Å². The zero-order chi connectivity index (χ0) is 15.5. The Hall–Kier alpha value is -1.59. The number of benzene rings is 1. The molecule has 0 atom stereocenters. The zero-order valence-corrected chi connectivity index (χ0v) is 12.9. The molecule has 0 spiro atoms. The average molecular weight is 311 g/mol. The second kappa shape index (κ2) is 6.45. The number of halogens is 1. The molecule has 2 rings (SSSR count). The third-order valence-corrected chi connectivity index (χ3v) is 4.14. The molecule has 0 unspecified atom stereocenters. The minimum atomic E-state index is -0.942. The SMILES string of the molecule is COCCNC(=O)C1(C(=O)Nc2cccc(Cl)c2C)CC1. The van der Waals surface area contributed by atoms with E-state index in [2.05, 4.69) is 10.6 Å². The molecule has 0 aromatic heterocycles. The van der Waals surface area contributed by atoms with E-state index in [1.807, 2.05) is 6.92 Å². The fourth-order valence-corrected chi connectivity index (χ4v) is 2.28. The van der Waals surface area contributed by atoms with Gasteiger partial charge in [-0.05, 0) is 37.5 Å². The molecule has 1 aromatic carbocycles. The van der Waals surface area contributed by atoms with E-state index >= 15 is 0 Å². The van der Waals surface area contributed by atoms with Gasteiger partial charge in [-0.2, -0.15) is 0 Å². The third-order valence-electron chi connectivity index (χ3n) is 3.73. The zero-order valence-electron chi connectivity index (χ0n) is 12.2. The van der Waals surface area contributed by atoms with Gasteiger partial charge in [-0.25, -0.2) is 0 Å². The van der Waals surface area contributed by atoms with Gasteiger partial charge in [-0.15, -0.1) is 0 Å². The first kappa shape index (κ1) is 15.8. The Balaban J connectivity index is 2.02. The number of ether oxygens (including phenoxy) is 1. The Labute approximate surface area is 129 Å². The van der Waals surface area contributed by atoms with Gasteiger partial charge in [0, 0.05) is 24.4 Å². The maximum atomic E-state index is 12.4. The van der Waals surface area contributed by atoms with E-state index in [-0.39, 0.29) is 11.8 Å². The first-order valence-electron chi connectivity index (χ1n) is 6.85. The summed E-state index contributed by atoms with van der Waals surface area (Å²) >= 11 is 6.03. The molecule has 2 amide bonds. The first-order valence-corrected chi connectivity index (χ1v) is 7.23. The van der Waals surface area contributed by atoms with Crippen LogP contribution in [-0.4, -0.2) is 32.1 Å². The van der Waals surface area contributed by atoms with Crippen LogP contribution >= 0.6 is 11.6 Å². The minimum Gasteiger partial charge on any atom is -0.383 e. The van der Waals surface area contributed by atoms with Crippen molar-refractivity contribution in [3.05, 3.63) is 28.8 Å². The highest BCUT2D eigenvalue weighted by Crippen LogP contribution is 2.47. The topological polar surface area (TPSA) is 67.4 Å².